The molecule has 3 aromatic rings. The van der Waals surface area contributed by atoms with Gasteiger partial charge in [-0.15, -0.1) is 5.10 Å². The van der Waals surface area contributed by atoms with Crippen molar-refractivity contribution in [2.24, 2.45) is 7.05 Å². The SMILES string of the molecule is COc1ccc(-c2noc(C(c3nnn(C)n3)([N+](=O)[O-])[N+](=O)[O-])n2)cc1. The summed E-state index contributed by atoms with van der Waals surface area (Å²) in [5.41, 5.74) is -2.76. The number of tetrazole rings is 1. The van der Waals surface area contributed by atoms with Crippen LogP contribution >= 0.6 is 0 Å². The number of aryl methyl sites for hydroxylation is 1. The molecule has 2 aromatic heterocycles. The van der Waals surface area contributed by atoms with E-state index in [1.54, 1.807) is 24.3 Å². The Morgan fingerprint density at radius 1 is 1.19 bits per heavy atom. The molecule has 2 heterocycles. The van der Waals surface area contributed by atoms with Crippen molar-refractivity contribution in [3.8, 4) is 17.1 Å². The largest absolute Gasteiger partial charge is 0.598 e. The first-order valence-corrected chi connectivity index (χ1v) is 6.91. The van der Waals surface area contributed by atoms with Crippen LogP contribution in [0.4, 0.5) is 0 Å². The topological polar surface area (TPSA) is 178 Å². The normalized spacial score (nSPS) is 11.3. The lowest BCUT2D eigenvalue weighted by molar-refractivity contribution is -0.801. The third kappa shape index (κ3) is 2.48. The highest BCUT2D eigenvalue weighted by Gasteiger charge is 2.70. The highest BCUT2D eigenvalue weighted by Crippen LogP contribution is 2.31. The van der Waals surface area contributed by atoms with E-state index in [1.807, 2.05) is 0 Å². The Morgan fingerprint density at radius 2 is 1.85 bits per heavy atom. The van der Waals surface area contributed by atoms with E-state index in [2.05, 4.69) is 25.6 Å². The summed E-state index contributed by atoms with van der Waals surface area (Å²) in [5, 5.41) is 37.2. The highest BCUT2D eigenvalue weighted by atomic mass is 16.7. The van der Waals surface area contributed by atoms with Gasteiger partial charge in [0.25, 0.3) is 0 Å². The minimum absolute atomic E-state index is 0.0837. The fourth-order valence-corrected chi connectivity index (χ4v) is 2.13. The third-order valence-electron chi connectivity index (χ3n) is 3.42. The first-order valence-electron chi connectivity index (χ1n) is 6.91. The van der Waals surface area contributed by atoms with Crippen molar-refractivity contribution in [1.29, 1.82) is 0 Å². The van der Waals surface area contributed by atoms with Crippen LogP contribution < -0.4 is 4.74 Å². The lowest BCUT2D eigenvalue weighted by atomic mass is 10.1. The van der Waals surface area contributed by atoms with Gasteiger partial charge in [0.15, 0.2) is 0 Å². The van der Waals surface area contributed by atoms with E-state index in [4.69, 9.17) is 9.26 Å². The molecule has 0 aliphatic heterocycles. The van der Waals surface area contributed by atoms with Gasteiger partial charge in [-0.1, -0.05) is 10.3 Å². The summed E-state index contributed by atoms with van der Waals surface area (Å²) < 4.78 is 9.85. The summed E-state index contributed by atoms with van der Waals surface area (Å²) >= 11 is 0. The molecule has 0 fully saturated rings. The van der Waals surface area contributed by atoms with Crippen LogP contribution in [-0.4, -0.2) is 47.3 Å². The lowest BCUT2D eigenvalue weighted by Crippen LogP contribution is -2.46. The van der Waals surface area contributed by atoms with E-state index in [0.717, 1.165) is 4.80 Å². The van der Waals surface area contributed by atoms with Crippen molar-refractivity contribution in [2.45, 2.75) is 5.66 Å². The van der Waals surface area contributed by atoms with Crippen LogP contribution in [0.5, 0.6) is 5.75 Å². The molecule has 0 unspecified atom stereocenters. The zero-order valence-corrected chi connectivity index (χ0v) is 13.3. The fraction of sp³-hybridized carbons (Fsp3) is 0.250. The predicted molar refractivity (Wildman–Crippen MR) is 79.9 cm³/mol. The van der Waals surface area contributed by atoms with E-state index in [-0.39, 0.29) is 5.82 Å². The molecule has 0 radical (unpaired) electrons. The van der Waals surface area contributed by atoms with Crippen LogP contribution in [0.3, 0.4) is 0 Å². The number of rotatable bonds is 6. The summed E-state index contributed by atoms with van der Waals surface area (Å²) in [7, 11) is 2.79. The van der Waals surface area contributed by atoms with E-state index in [9.17, 15) is 20.2 Å². The molecule has 0 N–H and O–H groups in total. The predicted octanol–water partition coefficient (Wildman–Crippen LogP) is 0.0232. The number of hydrogen-bond donors (Lipinski definition) is 0. The second-order valence-corrected chi connectivity index (χ2v) is 4.94. The molecule has 0 aliphatic carbocycles. The second-order valence-electron chi connectivity index (χ2n) is 4.94. The molecule has 14 heteroatoms. The number of aromatic nitrogens is 6. The molecule has 0 saturated carbocycles. The van der Waals surface area contributed by atoms with Gasteiger partial charge in [-0.2, -0.15) is 9.78 Å². The Hall–Kier alpha value is -3.97. The summed E-state index contributed by atoms with van der Waals surface area (Å²) in [6.45, 7) is 0. The monoisotopic (exact) mass is 362 g/mol. The Morgan fingerprint density at radius 3 is 2.35 bits per heavy atom. The minimum atomic E-state index is -3.17. The van der Waals surface area contributed by atoms with Crippen LogP contribution in [0, 0.1) is 20.2 Å². The maximum Gasteiger partial charge on any atom is 0.598 e. The molecular weight excluding hydrogens is 352 g/mol. The van der Waals surface area contributed by atoms with Crippen molar-refractivity contribution in [3.05, 3.63) is 56.2 Å². The molecule has 0 saturated heterocycles. The number of ether oxygens (including phenoxy) is 1. The van der Waals surface area contributed by atoms with Crippen LogP contribution in [0.1, 0.15) is 11.7 Å². The number of benzene rings is 1. The van der Waals surface area contributed by atoms with E-state index in [1.165, 1.54) is 14.2 Å². The molecule has 0 amide bonds. The molecule has 134 valence electrons. The second kappa shape index (κ2) is 6.15. The third-order valence-corrected chi connectivity index (χ3v) is 3.42. The molecule has 26 heavy (non-hydrogen) atoms. The van der Waals surface area contributed by atoms with Crippen molar-refractivity contribution in [2.75, 3.05) is 7.11 Å². The van der Waals surface area contributed by atoms with Crippen molar-refractivity contribution >= 4 is 0 Å². The molecule has 0 spiro atoms. The lowest BCUT2D eigenvalue weighted by Gasteiger charge is -2.08. The zero-order chi connectivity index (χ0) is 18.9. The van der Waals surface area contributed by atoms with Crippen LogP contribution in [-0.2, 0) is 12.7 Å². The van der Waals surface area contributed by atoms with Crippen molar-refractivity contribution in [3.63, 3.8) is 0 Å². The summed E-state index contributed by atoms with van der Waals surface area (Å²) in [6, 6.07) is 6.33. The smallest absolute Gasteiger partial charge is 0.497 e. The van der Waals surface area contributed by atoms with Crippen molar-refractivity contribution < 1.29 is 19.1 Å². The van der Waals surface area contributed by atoms with Gasteiger partial charge in [0, 0.05) is 5.56 Å². The molecule has 1 aromatic carbocycles. The van der Waals surface area contributed by atoms with E-state index < -0.39 is 27.2 Å². The standard InChI is InChI=1S/C12H10N8O6/c1-18-15-10(14-17-18)12(19(21)22,20(23)24)11-13-9(16-26-11)7-3-5-8(25-2)6-4-7/h3-6H,1-2H3. The Bertz CT molecular complexity index is 950. The average Bonchev–Trinajstić information content (AvgIpc) is 3.25. The first-order chi connectivity index (χ1) is 12.4. The van der Waals surface area contributed by atoms with Crippen LogP contribution in [0.25, 0.3) is 11.4 Å². The maximum absolute atomic E-state index is 11.6. The number of nitro groups is 2. The number of methoxy groups -OCH3 is 1. The van der Waals surface area contributed by atoms with Gasteiger partial charge in [0.1, 0.15) is 15.6 Å². The van der Waals surface area contributed by atoms with Gasteiger partial charge in [-0.3, -0.25) is 20.2 Å². The first kappa shape index (κ1) is 16.9. The maximum atomic E-state index is 11.6. The molecule has 0 bridgehead atoms. The van der Waals surface area contributed by atoms with Gasteiger partial charge in [-0.25, -0.2) is 0 Å². The number of nitrogens with zero attached hydrogens (tertiary/aromatic N) is 8. The summed E-state index contributed by atoms with van der Waals surface area (Å²) in [5.74, 6) is -1.22. The van der Waals surface area contributed by atoms with Crippen LogP contribution in [0.2, 0.25) is 0 Å². The Labute approximate surface area is 143 Å². The van der Waals surface area contributed by atoms with Gasteiger partial charge in [0.2, 0.25) is 5.82 Å². The molecule has 0 atom stereocenters. The number of hydrogen-bond acceptors (Lipinski definition) is 11. The molecule has 3 rings (SSSR count). The quantitative estimate of drug-likeness (QED) is 0.328. The van der Waals surface area contributed by atoms with Gasteiger partial charge in [0.05, 0.1) is 14.2 Å². The van der Waals surface area contributed by atoms with E-state index in [0.29, 0.717) is 11.3 Å². The van der Waals surface area contributed by atoms with Gasteiger partial charge >= 0.3 is 17.4 Å². The van der Waals surface area contributed by atoms with Crippen LogP contribution in [0.15, 0.2) is 28.8 Å². The summed E-state index contributed by atoms with van der Waals surface area (Å²) in [6.07, 6.45) is 0. The Kier molecular flexibility index (Phi) is 3.99. The highest BCUT2D eigenvalue weighted by molar-refractivity contribution is 5.55. The molecule has 14 nitrogen and oxygen atoms in total. The molecular formula is C12H10N8O6. The van der Waals surface area contributed by atoms with Crippen molar-refractivity contribution in [1.82, 2.24) is 30.3 Å². The fourth-order valence-electron chi connectivity index (χ4n) is 2.13. The average molecular weight is 362 g/mol. The zero-order valence-electron chi connectivity index (χ0n) is 13.3. The van der Waals surface area contributed by atoms with E-state index >= 15 is 0 Å². The minimum Gasteiger partial charge on any atom is -0.497 e. The summed E-state index contributed by atoms with van der Waals surface area (Å²) in [4.78, 5) is 25.4. The van der Waals surface area contributed by atoms with Gasteiger partial charge in [-0.05, 0) is 29.5 Å². The van der Waals surface area contributed by atoms with Gasteiger partial charge < -0.3 is 9.26 Å². The Balaban J connectivity index is 2.12. The molecule has 0 aliphatic rings.